The van der Waals surface area contributed by atoms with Crippen LogP contribution in [0.2, 0.25) is 5.02 Å². The number of hydrogen-bond donors (Lipinski definition) is 1. The molecule has 2 heterocycles. The van der Waals surface area contributed by atoms with Crippen molar-refractivity contribution in [2.24, 2.45) is 0 Å². The molecule has 6 heteroatoms. The summed E-state index contributed by atoms with van der Waals surface area (Å²) in [6.07, 6.45) is 3.04. The van der Waals surface area contributed by atoms with Crippen LogP contribution in [0.5, 0.6) is 0 Å². The zero-order valence-corrected chi connectivity index (χ0v) is 11.1. The summed E-state index contributed by atoms with van der Waals surface area (Å²) >= 11 is 6.00. The Morgan fingerprint density at radius 3 is 2.70 bits per heavy atom. The molecule has 2 N–H and O–H groups in total. The van der Waals surface area contributed by atoms with Crippen molar-refractivity contribution in [1.29, 1.82) is 0 Å². The van der Waals surface area contributed by atoms with Gasteiger partial charge in [-0.3, -0.25) is 19.5 Å². The molecule has 0 saturated heterocycles. The Bertz CT molecular complexity index is 730. The molecule has 2 amide bonds. The first-order valence-electron chi connectivity index (χ1n) is 5.92. The van der Waals surface area contributed by atoms with E-state index < -0.39 is 5.91 Å². The first-order valence-corrected chi connectivity index (χ1v) is 6.30. The van der Waals surface area contributed by atoms with Crippen molar-refractivity contribution in [3.05, 3.63) is 58.4 Å². The van der Waals surface area contributed by atoms with E-state index in [1.807, 2.05) is 0 Å². The second kappa shape index (κ2) is 4.61. The quantitative estimate of drug-likeness (QED) is 0.678. The monoisotopic (exact) mass is 287 g/mol. The normalized spacial score (nSPS) is 13.8. The van der Waals surface area contributed by atoms with Gasteiger partial charge in [-0.15, -0.1) is 0 Å². The molecule has 0 saturated carbocycles. The maximum atomic E-state index is 12.3. The fourth-order valence-electron chi connectivity index (χ4n) is 2.21. The van der Waals surface area contributed by atoms with Gasteiger partial charge >= 0.3 is 0 Å². The summed E-state index contributed by atoms with van der Waals surface area (Å²) in [6.45, 7) is 0.104. The van der Waals surface area contributed by atoms with Gasteiger partial charge in [0.15, 0.2) is 0 Å². The lowest BCUT2D eigenvalue weighted by Crippen LogP contribution is -2.29. The maximum Gasteiger partial charge on any atom is 0.263 e. The number of benzene rings is 1. The smallest absolute Gasteiger partial charge is 0.263 e. The third-order valence-electron chi connectivity index (χ3n) is 3.22. The molecular formula is C14H10ClN3O2. The molecule has 1 aromatic heterocycles. The van der Waals surface area contributed by atoms with Gasteiger partial charge in [0.25, 0.3) is 11.8 Å². The molecule has 3 rings (SSSR count). The number of rotatable bonds is 2. The van der Waals surface area contributed by atoms with Crippen LogP contribution in [0.3, 0.4) is 0 Å². The summed E-state index contributed by atoms with van der Waals surface area (Å²) in [6, 6.07) is 6.53. The van der Waals surface area contributed by atoms with Gasteiger partial charge in [-0.2, -0.15) is 0 Å². The molecule has 5 nitrogen and oxygen atoms in total. The van der Waals surface area contributed by atoms with Gasteiger partial charge in [-0.05, 0) is 23.8 Å². The number of nitrogen functional groups attached to an aromatic ring is 1. The van der Waals surface area contributed by atoms with Gasteiger partial charge in [0.05, 0.1) is 22.7 Å². The minimum absolute atomic E-state index is 0.104. The van der Waals surface area contributed by atoms with Crippen LogP contribution in [0.15, 0.2) is 36.7 Å². The average Bonchev–Trinajstić information content (AvgIpc) is 2.67. The van der Waals surface area contributed by atoms with Gasteiger partial charge in [0.2, 0.25) is 0 Å². The summed E-state index contributed by atoms with van der Waals surface area (Å²) in [7, 11) is 0. The van der Waals surface area contributed by atoms with Crippen molar-refractivity contribution in [1.82, 2.24) is 9.88 Å². The Morgan fingerprint density at radius 2 is 2.00 bits per heavy atom. The molecule has 0 bridgehead atoms. The molecule has 1 aliphatic rings. The molecule has 1 aromatic carbocycles. The number of nitrogens with zero attached hydrogens (tertiary/aromatic N) is 2. The number of aromatic nitrogens is 1. The minimum Gasteiger partial charge on any atom is -0.398 e. The molecule has 100 valence electrons. The number of carbonyl (C=O) groups excluding carboxylic acids is 2. The van der Waals surface area contributed by atoms with Gasteiger partial charge < -0.3 is 5.73 Å². The van der Waals surface area contributed by atoms with Crippen LogP contribution >= 0.6 is 11.6 Å². The number of anilines is 1. The second-order valence-corrected chi connectivity index (χ2v) is 4.84. The Hall–Kier alpha value is -2.40. The van der Waals surface area contributed by atoms with E-state index in [-0.39, 0.29) is 18.0 Å². The molecule has 0 fully saturated rings. The van der Waals surface area contributed by atoms with E-state index in [4.69, 9.17) is 17.3 Å². The van der Waals surface area contributed by atoms with E-state index in [9.17, 15) is 9.59 Å². The van der Waals surface area contributed by atoms with Crippen molar-refractivity contribution < 1.29 is 9.59 Å². The number of pyridine rings is 1. The van der Waals surface area contributed by atoms with Crippen LogP contribution in [0.1, 0.15) is 26.3 Å². The highest BCUT2D eigenvalue weighted by Gasteiger charge is 2.37. The first kappa shape index (κ1) is 12.6. The highest BCUT2D eigenvalue weighted by Crippen LogP contribution is 2.29. The highest BCUT2D eigenvalue weighted by atomic mass is 35.5. The SMILES string of the molecule is Nc1cccc2c1C(=O)N(Cc1ccncc1Cl)C2=O. The topological polar surface area (TPSA) is 76.3 Å². The van der Waals surface area contributed by atoms with E-state index >= 15 is 0 Å². The van der Waals surface area contributed by atoms with E-state index in [0.717, 1.165) is 4.90 Å². The predicted molar refractivity (Wildman–Crippen MR) is 74.3 cm³/mol. The molecule has 2 aromatic rings. The van der Waals surface area contributed by atoms with Crippen molar-refractivity contribution in [2.45, 2.75) is 6.54 Å². The Morgan fingerprint density at radius 1 is 1.20 bits per heavy atom. The third-order valence-corrected chi connectivity index (χ3v) is 3.56. The van der Waals surface area contributed by atoms with Crippen LogP contribution in [-0.4, -0.2) is 21.7 Å². The standard InChI is InChI=1S/C14H10ClN3O2/c15-10-6-17-5-4-8(10)7-18-13(19)9-2-1-3-11(16)12(9)14(18)20/h1-6H,7,16H2. The second-order valence-electron chi connectivity index (χ2n) is 4.43. The van der Waals surface area contributed by atoms with Gasteiger partial charge in [-0.25, -0.2) is 0 Å². The number of hydrogen-bond acceptors (Lipinski definition) is 4. The predicted octanol–water partition coefficient (Wildman–Crippen LogP) is 2.11. The highest BCUT2D eigenvalue weighted by molar-refractivity contribution is 6.31. The summed E-state index contributed by atoms with van der Waals surface area (Å²) in [5.41, 5.74) is 7.35. The van der Waals surface area contributed by atoms with Crippen LogP contribution in [0, 0.1) is 0 Å². The fraction of sp³-hybridized carbons (Fsp3) is 0.0714. The molecule has 0 unspecified atom stereocenters. The molecule has 20 heavy (non-hydrogen) atoms. The van der Waals surface area contributed by atoms with Gasteiger partial charge in [-0.1, -0.05) is 17.7 Å². The zero-order chi connectivity index (χ0) is 14.3. The Labute approximate surface area is 120 Å². The summed E-state index contributed by atoms with van der Waals surface area (Å²) in [4.78, 5) is 29.6. The summed E-state index contributed by atoms with van der Waals surface area (Å²) in [5.74, 6) is -0.749. The molecule has 1 aliphatic heterocycles. The van der Waals surface area contributed by atoms with Crippen molar-refractivity contribution in [3.8, 4) is 0 Å². The molecule has 0 aliphatic carbocycles. The molecule has 0 radical (unpaired) electrons. The number of carbonyl (C=O) groups is 2. The third kappa shape index (κ3) is 1.83. The van der Waals surface area contributed by atoms with Crippen molar-refractivity contribution in [2.75, 3.05) is 5.73 Å². The molecule has 0 spiro atoms. The Kier molecular flexibility index (Phi) is 2.91. The van der Waals surface area contributed by atoms with E-state index in [1.54, 1.807) is 30.5 Å². The number of fused-ring (bicyclic) bond motifs is 1. The van der Waals surface area contributed by atoms with E-state index in [1.165, 1.54) is 6.20 Å². The minimum atomic E-state index is -0.393. The van der Waals surface area contributed by atoms with Gasteiger partial charge in [0.1, 0.15) is 0 Å². The summed E-state index contributed by atoms with van der Waals surface area (Å²) < 4.78 is 0. The fourth-order valence-corrected chi connectivity index (χ4v) is 2.38. The molecular weight excluding hydrogens is 278 g/mol. The van der Waals surface area contributed by atoms with Crippen LogP contribution in [0.4, 0.5) is 5.69 Å². The lowest BCUT2D eigenvalue weighted by Gasteiger charge is -2.14. The van der Waals surface area contributed by atoms with Crippen molar-refractivity contribution >= 4 is 29.1 Å². The number of imide groups is 1. The Balaban J connectivity index is 1.99. The summed E-state index contributed by atoms with van der Waals surface area (Å²) in [5, 5.41) is 0.414. The van der Waals surface area contributed by atoms with E-state index in [0.29, 0.717) is 21.8 Å². The first-order chi connectivity index (χ1) is 9.59. The lowest BCUT2D eigenvalue weighted by atomic mass is 10.1. The van der Waals surface area contributed by atoms with E-state index in [2.05, 4.69) is 4.98 Å². The van der Waals surface area contributed by atoms with Crippen LogP contribution in [-0.2, 0) is 6.54 Å². The lowest BCUT2D eigenvalue weighted by molar-refractivity contribution is 0.0643. The van der Waals surface area contributed by atoms with Crippen LogP contribution < -0.4 is 5.73 Å². The number of amides is 2. The van der Waals surface area contributed by atoms with Crippen LogP contribution in [0.25, 0.3) is 0 Å². The van der Waals surface area contributed by atoms with Crippen molar-refractivity contribution in [3.63, 3.8) is 0 Å². The average molecular weight is 288 g/mol. The maximum absolute atomic E-state index is 12.3. The number of nitrogens with two attached hydrogens (primary N) is 1. The largest absolute Gasteiger partial charge is 0.398 e. The molecule has 0 atom stereocenters. The number of halogens is 1. The van der Waals surface area contributed by atoms with Gasteiger partial charge in [0, 0.05) is 18.1 Å². The zero-order valence-electron chi connectivity index (χ0n) is 10.3.